The van der Waals surface area contributed by atoms with Crippen LogP contribution in [0.3, 0.4) is 0 Å². The quantitative estimate of drug-likeness (QED) is 0.739. The van der Waals surface area contributed by atoms with Crippen LogP contribution >= 0.6 is 15.9 Å². The van der Waals surface area contributed by atoms with Crippen molar-refractivity contribution in [3.05, 3.63) is 39.4 Å². The molecule has 1 aromatic rings. The minimum atomic E-state index is 0.749. The Morgan fingerprint density at radius 2 is 2.14 bits per heavy atom. The second-order valence-corrected chi connectivity index (χ2v) is 4.42. The number of rotatable bonds is 1. The van der Waals surface area contributed by atoms with E-state index in [4.69, 9.17) is 5.26 Å². The third kappa shape index (κ3) is 1.88. The zero-order chi connectivity index (χ0) is 9.97. The van der Waals surface area contributed by atoms with Gasteiger partial charge < -0.3 is 0 Å². The molecule has 1 aromatic carbocycles. The zero-order valence-corrected chi connectivity index (χ0v) is 9.34. The molecule has 2 rings (SSSR count). The maximum atomic E-state index is 8.95. The SMILES string of the molecule is N#Cc1cc(Br)ccc1C=C1CCC1. The zero-order valence-electron chi connectivity index (χ0n) is 7.76. The van der Waals surface area contributed by atoms with Gasteiger partial charge in [0.05, 0.1) is 11.6 Å². The minimum absolute atomic E-state index is 0.749. The maximum Gasteiger partial charge on any atom is 0.0998 e. The van der Waals surface area contributed by atoms with Crippen molar-refractivity contribution in [1.82, 2.24) is 0 Å². The average Bonchev–Trinajstić information content (AvgIpc) is 2.13. The lowest BCUT2D eigenvalue weighted by atomic mass is 9.90. The fourth-order valence-electron chi connectivity index (χ4n) is 1.50. The molecule has 0 aliphatic heterocycles. The molecule has 0 unspecified atom stereocenters. The van der Waals surface area contributed by atoms with Gasteiger partial charge in [-0.25, -0.2) is 0 Å². The van der Waals surface area contributed by atoms with E-state index in [0.717, 1.165) is 15.6 Å². The average molecular weight is 248 g/mol. The van der Waals surface area contributed by atoms with E-state index in [1.165, 1.54) is 24.8 Å². The van der Waals surface area contributed by atoms with Crippen molar-refractivity contribution >= 4 is 22.0 Å². The third-order valence-corrected chi connectivity index (χ3v) is 2.98. The van der Waals surface area contributed by atoms with Crippen LogP contribution in [0, 0.1) is 11.3 Å². The Balaban J connectivity index is 2.38. The number of halogens is 1. The molecule has 0 saturated heterocycles. The molecule has 1 aliphatic carbocycles. The number of hydrogen-bond acceptors (Lipinski definition) is 1. The van der Waals surface area contributed by atoms with E-state index < -0.39 is 0 Å². The van der Waals surface area contributed by atoms with Crippen LogP contribution < -0.4 is 0 Å². The van der Waals surface area contributed by atoms with Crippen LogP contribution in [-0.4, -0.2) is 0 Å². The van der Waals surface area contributed by atoms with Crippen LogP contribution in [0.15, 0.2) is 28.2 Å². The Morgan fingerprint density at radius 1 is 1.36 bits per heavy atom. The fourth-order valence-corrected chi connectivity index (χ4v) is 1.86. The molecule has 0 bridgehead atoms. The lowest BCUT2D eigenvalue weighted by molar-refractivity contribution is 0.670. The number of allylic oxidation sites excluding steroid dienone is 1. The molecule has 70 valence electrons. The van der Waals surface area contributed by atoms with Crippen molar-refractivity contribution < 1.29 is 0 Å². The van der Waals surface area contributed by atoms with Crippen LogP contribution in [-0.2, 0) is 0 Å². The van der Waals surface area contributed by atoms with Gasteiger partial charge in [-0.3, -0.25) is 0 Å². The number of benzene rings is 1. The monoisotopic (exact) mass is 247 g/mol. The highest BCUT2D eigenvalue weighted by Gasteiger charge is 2.09. The molecule has 1 fully saturated rings. The molecule has 0 amide bonds. The summed E-state index contributed by atoms with van der Waals surface area (Å²) in [5, 5.41) is 8.95. The second-order valence-electron chi connectivity index (χ2n) is 3.50. The largest absolute Gasteiger partial charge is 0.192 e. The lowest BCUT2D eigenvalue weighted by Gasteiger charge is -2.16. The van der Waals surface area contributed by atoms with E-state index in [-0.39, 0.29) is 0 Å². The summed E-state index contributed by atoms with van der Waals surface area (Å²) in [6, 6.07) is 8.05. The summed E-state index contributed by atoms with van der Waals surface area (Å²) in [5.41, 5.74) is 3.26. The third-order valence-electron chi connectivity index (χ3n) is 2.49. The number of nitrogens with zero attached hydrogens (tertiary/aromatic N) is 1. The predicted molar refractivity (Wildman–Crippen MR) is 60.7 cm³/mol. The first-order valence-electron chi connectivity index (χ1n) is 4.69. The van der Waals surface area contributed by atoms with Crippen LogP contribution in [0.25, 0.3) is 6.08 Å². The maximum absolute atomic E-state index is 8.95. The van der Waals surface area contributed by atoms with Gasteiger partial charge in [0.1, 0.15) is 0 Å². The molecule has 2 heteroatoms. The molecule has 14 heavy (non-hydrogen) atoms. The Hall–Kier alpha value is -1.07. The van der Waals surface area contributed by atoms with Gasteiger partial charge in [0, 0.05) is 4.47 Å². The van der Waals surface area contributed by atoms with Gasteiger partial charge in [0.25, 0.3) is 0 Å². The van der Waals surface area contributed by atoms with E-state index >= 15 is 0 Å². The lowest BCUT2D eigenvalue weighted by Crippen LogP contribution is -1.96. The van der Waals surface area contributed by atoms with E-state index in [0.29, 0.717) is 0 Å². The summed E-state index contributed by atoms with van der Waals surface area (Å²) < 4.78 is 0.963. The molecule has 0 N–H and O–H groups in total. The summed E-state index contributed by atoms with van der Waals surface area (Å²) in [7, 11) is 0. The summed E-state index contributed by atoms with van der Waals surface area (Å²) in [4.78, 5) is 0. The van der Waals surface area contributed by atoms with Crippen LogP contribution in [0.2, 0.25) is 0 Å². The molecule has 1 saturated carbocycles. The Labute approximate surface area is 92.2 Å². The molecule has 0 radical (unpaired) electrons. The molecule has 0 heterocycles. The standard InChI is InChI=1S/C12H10BrN/c13-12-5-4-10(11(7-12)8-14)6-9-2-1-3-9/h4-7H,1-3H2. The minimum Gasteiger partial charge on any atom is -0.192 e. The summed E-state index contributed by atoms with van der Waals surface area (Å²) in [5.74, 6) is 0. The van der Waals surface area contributed by atoms with E-state index in [9.17, 15) is 0 Å². The van der Waals surface area contributed by atoms with Gasteiger partial charge >= 0.3 is 0 Å². The van der Waals surface area contributed by atoms with Crippen LogP contribution in [0.5, 0.6) is 0 Å². The van der Waals surface area contributed by atoms with Crippen molar-refractivity contribution in [2.75, 3.05) is 0 Å². The molecular weight excluding hydrogens is 238 g/mol. The Morgan fingerprint density at radius 3 is 2.71 bits per heavy atom. The highest BCUT2D eigenvalue weighted by molar-refractivity contribution is 9.10. The normalized spacial score (nSPS) is 14.4. The van der Waals surface area contributed by atoms with Gasteiger partial charge in [-0.1, -0.05) is 33.6 Å². The van der Waals surface area contributed by atoms with Gasteiger partial charge in [-0.2, -0.15) is 5.26 Å². The van der Waals surface area contributed by atoms with Gasteiger partial charge in [-0.15, -0.1) is 0 Å². The van der Waals surface area contributed by atoms with Crippen LogP contribution in [0.1, 0.15) is 30.4 Å². The van der Waals surface area contributed by atoms with E-state index in [2.05, 4.69) is 28.1 Å². The first kappa shape index (κ1) is 9.48. The van der Waals surface area contributed by atoms with Crippen molar-refractivity contribution in [3.63, 3.8) is 0 Å². The van der Waals surface area contributed by atoms with Crippen molar-refractivity contribution in [1.29, 1.82) is 5.26 Å². The smallest absolute Gasteiger partial charge is 0.0998 e. The predicted octanol–water partition coefficient (Wildman–Crippen LogP) is 3.89. The molecule has 0 spiro atoms. The first-order valence-corrected chi connectivity index (χ1v) is 5.48. The van der Waals surface area contributed by atoms with Crippen molar-refractivity contribution in [2.45, 2.75) is 19.3 Å². The van der Waals surface area contributed by atoms with E-state index in [1.54, 1.807) is 0 Å². The highest BCUT2D eigenvalue weighted by atomic mass is 79.9. The second kappa shape index (κ2) is 3.98. The molecule has 0 atom stereocenters. The first-order chi connectivity index (χ1) is 6.79. The van der Waals surface area contributed by atoms with Gasteiger partial charge in [0.15, 0.2) is 0 Å². The van der Waals surface area contributed by atoms with Gasteiger partial charge in [-0.05, 0) is 37.0 Å². The molecule has 0 aromatic heterocycles. The Bertz CT molecular complexity index is 420. The summed E-state index contributed by atoms with van der Waals surface area (Å²) in [6.07, 6.45) is 5.83. The molecule has 1 aliphatic rings. The topological polar surface area (TPSA) is 23.8 Å². The number of nitriles is 1. The van der Waals surface area contributed by atoms with E-state index in [1.807, 2.05) is 18.2 Å². The highest BCUT2D eigenvalue weighted by Crippen LogP contribution is 2.28. The summed E-state index contributed by atoms with van der Waals surface area (Å²) >= 11 is 3.36. The summed E-state index contributed by atoms with van der Waals surface area (Å²) in [6.45, 7) is 0. The Kier molecular flexibility index (Phi) is 2.69. The molecular formula is C12H10BrN. The van der Waals surface area contributed by atoms with Crippen molar-refractivity contribution in [3.8, 4) is 6.07 Å². The van der Waals surface area contributed by atoms with Crippen molar-refractivity contribution in [2.24, 2.45) is 0 Å². The number of hydrogen-bond donors (Lipinski definition) is 0. The van der Waals surface area contributed by atoms with Gasteiger partial charge in [0.2, 0.25) is 0 Å². The molecule has 1 nitrogen and oxygen atoms in total. The van der Waals surface area contributed by atoms with Crippen LogP contribution in [0.4, 0.5) is 0 Å². The fraction of sp³-hybridized carbons (Fsp3) is 0.250.